The summed E-state index contributed by atoms with van der Waals surface area (Å²) in [5.74, 6) is 0.821. The Morgan fingerprint density at radius 2 is 1.80 bits per heavy atom. The predicted octanol–water partition coefficient (Wildman–Crippen LogP) is 4.88. The van der Waals surface area contributed by atoms with Crippen LogP contribution in [-0.4, -0.2) is 65.6 Å². The molecule has 1 heterocycles. The summed E-state index contributed by atoms with van der Waals surface area (Å²) >= 11 is 6.39. The second kappa shape index (κ2) is 8.79. The molecule has 0 aromatic rings. The molecule has 148 valence electrons. The van der Waals surface area contributed by atoms with Gasteiger partial charge in [0.25, 0.3) is 0 Å². The number of amides is 1. The fraction of sp³-hybridized carbons (Fsp3) is 0.944. The van der Waals surface area contributed by atoms with Crippen LogP contribution in [0.4, 0.5) is 0 Å². The van der Waals surface area contributed by atoms with E-state index in [-0.39, 0.29) is 23.0 Å². The molecule has 0 aliphatic carbocycles. The van der Waals surface area contributed by atoms with Crippen LogP contribution < -0.4 is 0 Å². The quantitative estimate of drug-likeness (QED) is 0.273. The standard InChI is InChI=1S/C18H38ClNO2SeSi2/c1-14(22-25(8,9)18(2,3)4)15-16(21)20(11-10-19)17(15)23-12-13-24(5,6)7/h14-15,17H,10-13H2,1-9H3/t14-,15+,17-/m1/s1. The van der Waals surface area contributed by atoms with E-state index in [1.54, 1.807) is 0 Å². The van der Waals surface area contributed by atoms with Gasteiger partial charge >= 0.3 is 169 Å². The minimum absolute atomic E-state index is 0.0127. The molecule has 0 unspecified atom stereocenters. The Hall–Kier alpha value is 0.673. The first-order valence-electron chi connectivity index (χ1n) is 9.37. The Labute approximate surface area is 168 Å². The molecule has 0 N–H and O–H groups in total. The fourth-order valence-corrected chi connectivity index (χ4v) is 12.1. The molecular weight excluding hydrogens is 433 g/mol. The van der Waals surface area contributed by atoms with Gasteiger partial charge in [-0.25, -0.2) is 0 Å². The fourth-order valence-electron chi connectivity index (χ4n) is 2.71. The molecule has 25 heavy (non-hydrogen) atoms. The number of hydrogen-bond donors (Lipinski definition) is 0. The third-order valence-electron chi connectivity index (χ3n) is 5.44. The first kappa shape index (κ1) is 23.7. The average Bonchev–Trinajstić information content (AvgIpc) is 2.40. The van der Waals surface area contributed by atoms with E-state index < -0.39 is 16.4 Å². The third-order valence-corrected chi connectivity index (χ3v) is 15.5. The summed E-state index contributed by atoms with van der Waals surface area (Å²) in [5.41, 5.74) is 0. The van der Waals surface area contributed by atoms with E-state index in [0.717, 1.165) is 0 Å². The van der Waals surface area contributed by atoms with Crippen molar-refractivity contribution < 1.29 is 9.22 Å². The molecule has 1 fully saturated rings. The van der Waals surface area contributed by atoms with Crippen LogP contribution in [0.15, 0.2) is 0 Å². The number of carbonyl (C=O) groups excluding carboxylic acids is 1. The van der Waals surface area contributed by atoms with Crippen LogP contribution in [0.3, 0.4) is 0 Å². The monoisotopic (exact) mass is 471 g/mol. The Bertz CT molecular complexity index is 463. The molecule has 1 aliphatic heterocycles. The number of rotatable bonds is 9. The van der Waals surface area contributed by atoms with Crippen LogP contribution >= 0.6 is 11.6 Å². The Morgan fingerprint density at radius 3 is 2.24 bits per heavy atom. The van der Waals surface area contributed by atoms with Gasteiger partial charge in [0.15, 0.2) is 0 Å². The van der Waals surface area contributed by atoms with Crippen molar-refractivity contribution in [3.8, 4) is 0 Å². The molecule has 0 radical (unpaired) electrons. The van der Waals surface area contributed by atoms with Gasteiger partial charge in [0.05, 0.1) is 0 Å². The van der Waals surface area contributed by atoms with Crippen molar-refractivity contribution >= 4 is 48.9 Å². The van der Waals surface area contributed by atoms with Gasteiger partial charge in [0, 0.05) is 0 Å². The zero-order chi connectivity index (χ0) is 19.6. The van der Waals surface area contributed by atoms with E-state index in [2.05, 4.69) is 60.4 Å². The van der Waals surface area contributed by atoms with Gasteiger partial charge < -0.3 is 0 Å². The molecule has 0 aromatic carbocycles. The van der Waals surface area contributed by atoms with Crippen molar-refractivity contribution in [1.29, 1.82) is 0 Å². The second-order valence-electron chi connectivity index (χ2n) is 9.90. The molecule has 0 aromatic heterocycles. The van der Waals surface area contributed by atoms with Gasteiger partial charge in [-0.3, -0.25) is 0 Å². The van der Waals surface area contributed by atoms with Gasteiger partial charge in [-0.05, 0) is 0 Å². The van der Waals surface area contributed by atoms with Crippen molar-refractivity contribution in [2.24, 2.45) is 5.92 Å². The number of likely N-dealkylation sites (tertiary alicyclic amines) is 1. The van der Waals surface area contributed by atoms with E-state index in [0.29, 0.717) is 32.3 Å². The van der Waals surface area contributed by atoms with Gasteiger partial charge in [0.2, 0.25) is 0 Å². The Kier molecular flexibility index (Phi) is 8.33. The summed E-state index contributed by atoms with van der Waals surface area (Å²) in [6.07, 6.45) is 0.0127. The van der Waals surface area contributed by atoms with E-state index >= 15 is 0 Å². The molecule has 0 spiro atoms. The van der Waals surface area contributed by atoms with Gasteiger partial charge in [-0.15, -0.1) is 0 Å². The van der Waals surface area contributed by atoms with E-state index in [9.17, 15) is 4.79 Å². The van der Waals surface area contributed by atoms with Crippen molar-refractivity contribution in [3.63, 3.8) is 0 Å². The Morgan fingerprint density at radius 1 is 1.24 bits per heavy atom. The molecule has 1 amide bonds. The van der Waals surface area contributed by atoms with Crippen LogP contribution in [0.5, 0.6) is 0 Å². The maximum atomic E-state index is 12.7. The molecule has 1 aliphatic rings. The molecule has 1 rings (SSSR count). The van der Waals surface area contributed by atoms with Crippen LogP contribution in [0, 0.1) is 5.92 Å². The number of carbonyl (C=O) groups is 1. The number of β-lactam (4-membered cyclic amide) rings is 1. The molecule has 3 atom stereocenters. The van der Waals surface area contributed by atoms with Crippen molar-refractivity contribution in [2.45, 2.75) is 87.9 Å². The average molecular weight is 471 g/mol. The molecule has 7 heteroatoms. The van der Waals surface area contributed by atoms with E-state index in [1.165, 1.54) is 11.4 Å². The van der Waals surface area contributed by atoms with Gasteiger partial charge in [-0.2, -0.15) is 0 Å². The number of hydrogen-bond acceptors (Lipinski definition) is 2. The van der Waals surface area contributed by atoms with Crippen LogP contribution in [-0.2, 0) is 9.22 Å². The summed E-state index contributed by atoms with van der Waals surface area (Å²) in [7, 11) is -2.88. The first-order valence-corrected chi connectivity index (χ1v) is 18.7. The van der Waals surface area contributed by atoms with Crippen LogP contribution in [0.25, 0.3) is 0 Å². The van der Waals surface area contributed by atoms with Crippen LogP contribution in [0.1, 0.15) is 27.7 Å². The van der Waals surface area contributed by atoms with Crippen molar-refractivity contribution in [1.82, 2.24) is 4.90 Å². The SMILES string of the molecule is C[C@@H](O[Si](C)(C)C(C)(C)C)[C@H]1C(=O)N(CCCl)[C@@H]1[Se]CC[Si](C)(C)C. The predicted molar refractivity (Wildman–Crippen MR) is 116 cm³/mol. The number of nitrogens with zero attached hydrogens (tertiary/aromatic N) is 1. The van der Waals surface area contributed by atoms with Crippen molar-refractivity contribution in [3.05, 3.63) is 0 Å². The number of alkyl halides is 1. The van der Waals surface area contributed by atoms with E-state index in [1.807, 2.05) is 4.90 Å². The minimum atomic E-state index is -1.86. The number of halogens is 1. The summed E-state index contributed by atoms with van der Waals surface area (Å²) in [5, 5.41) is 1.44. The van der Waals surface area contributed by atoms with Crippen molar-refractivity contribution in [2.75, 3.05) is 12.4 Å². The van der Waals surface area contributed by atoms with Gasteiger partial charge in [0.1, 0.15) is 0 Å². The maximum absolute atomic E-state index is 12.7. The van der Waals surface area contributed by atoms with Crippen LogP contribution in [0.2, 0.25) is 49.1 Å². The molecule has 0 bridgehead atoms. The molecule has 0 saturated carbocycles. The third kappa shape index (κ3) is 6.36. The van der Waals surface area contributed by atoms with Gasteiger partial charge in [-0.1, -0.05) is 0 Å². The topological polar surface area (TPSA) is 29.5 Å². The summed E-state index contributed by atoms with van der Waals surface area (Å²) in [6.45, 7) is 21.4. The molecular formula is C18H38ClNO2SeSi2. The van der Waals surface area contributed by atoms with E-state index in [4.69, 9.17) is 16.0 Å². The summed E-state index contributed by atoms with van der Waals surface area (Å²) in [6, 6.07) is 1.34. The molecule has 1 saturated heterocycles. The normalized spacial score (nSPS) is 23.6. The second-order valence-corrected chi connectivity index (χ2v) is 23.2. The summed E-state index contributed by atoms with van der Waals surface area (Å²) < 4.78 is 6.56. The first-order chi connectivity index (χ1) is 11.2. The molecule has 3 nitrogen and oxygen atoms in total. The zero-order valence-corrected chi connectivity index (χ0v) is 22.1. The zero-order valence-electron chi connectivity index (χ0n) is 17.6. The summed E-state index contributed by atoms with van der Waals surface area (Å²) in [4.78, 5) is 15.1. The Balaban J connectivity index is 2.78.